The van der Waals surface area contributed by atoms with Gasteiger partial charge in [-0.25, -0.2) is 0 Å². The predicted octanol–water partition coefficient (Wildman–Crippen LogP) is 1.89. The quantitative estimate of drug-likeness (QED) is 0.726. The Kier molecular flexibility index (Phi) is 2.02. The lowest BCUT2D eigenvalue weighted by atomic mass is 10.1. The van der Waals surface area contributed by atoms with Crippen molar-refractivity contribution in [2.45, 2.75) is 4.90 Å². The Balaban J connectivity index is 2.92. The molecule has 0 aromatic heterocycles. The molecular formula is C10H7O3S. The van der Waals surface area contributed by atoms with Crippen LogP contribution in [0.2, 0.25) is 0 Å². The third kappa shape index (κ3) is 1.49. The molecule has 2 aromatic rings. The highest BCUT2D eigenvalue weighted by atomic mass is 32.2. The first kappa shape index (κ1) is 9.18. The van der Waals surface area contributed by atoms with E-state index in [1.54, 1.807) is 24.3 Å². The summed E-state index contributed by atoms with van der Waals surface area (Å²) in [6.07, 6.45) is 0. The van der Waals surface area contributed by atoms with Crippen LogP contribution >= 0.6 is 0 Å². The third-order valence-corrected chi connectivity index (χ3v) is 2.86. The van der Waals surface area contributed by atoms with Gasteiger partial charge in [0.05, 0.1) is 0 Å². The highest BCUT2D eigenvalue weighted by molar-refractivity contribution is 7.86. The maximum absolute atomic E-state index is 11.0. The van der Waals surface area contributed by atoms with Crippen molar-refractivity contribution in [1.82, 2.24) is 0 Å². The fourth-order valence-electron chi connectivity index (χ4n) is 1.35. The van der Waals surface area contributed by atoms with E-state index in [2.05, 4.69) is 6.07 Å². The Labute approximate surface area is 81.7 Å². The third-order valence-electron chi connectivity index (χ3n) is 1.94. The van der Waals surface area contributed by atoms with E-state index in [4.69, 9.17) is 4.55 Å². The molecule has 0 bridgehead atoms. The summed E-state index contributed by atoms with van der Waals surface area (Å²) in [6, 6.07) is 12.6. The number of hydrogen-bond acceptors (Lipinski definition) is 2. The van der Waals surface area contributed by atoms with E-state index < -0.39 is 10.1 Å². The van der Waals surface area contributed by atoms with E-state index in [1.807, 2.05) is 0 Å². The fourth-order valence-corrected chi connectivity index (χ4v) is 2.04. The van der Waals surface area contributed by atoms with Gasteiger partial charge in [0, 0.05) is 5.39 Å². The van der Waals surface area contributed by atoms with Crippen molar-refractivity contribution >= 4 is 20.9 Å². The Morgan fingerprint density at radius 1 is 1.14 bits per heavy atom. The van der Waals surface area contributed by atoms with Crippen LogP contribution in [0.3, 0.4) is 0 Å². The number of hydrogen-bond donors (Lipinski definition) is 1. The molecule has 0 saturated heterocycles. The Morgan fingerprint density at radius 3 is 2.57 bits per heavy atom. The summed E-state index contributed by atoms with van der Waals surface area (Å²) in [5, 5.41) is 1.15. The molecule has 0 spiro atoms. The van der Waals surface area contributed by atoms with Crippen LogP contribution in [0.25, 0.3) is 10.8 Å². The molecule has 3 nitrogen and oxygen atoms in total. The van der Waals surface area contributed by atoms with Gasteiger partial charge < -0.3 is 0 Å². The molecule has 0 aliphatic heterocycles. The van der Waals surface area contributed by atoms with Gasteiger partial charge in [0.15, 0.2) is 0 Å². The SMILES string of the molecule is O=S(=O)(O)c1cc[c]c2ccccc12. The normalized spacial score (nSPS) is 11.8. The lowest BCUT2D eigenvalue weighted by Gasteiger charge is -2.01. The first-order valence-electron chi connectivity index (χ1n) is 3.96. The van der Waals surface area contributed by atoms with Gasteiger partial charge >= 0.3 is 0 Å². The second-order valence-corrected chi connectivity index (χ2v) is 4.25. The Hall–Kier alpha value is -1.39. The molecule has 0 unspecified atom stereocenters. The second kappa shape index (κ2) is 3.08. The van der Waals surface area contributed by atoms with Gasteiger partial charge in [-0.05, 0) is 17.5 Å². The number of benzene rings is 2. The molecule has 4 heteroatoms. The maximum Gasteiger partial charge on any atom is 0.295 e. The lowest BCUT2D eigenvalue weighted by molar-refractivity contribution is 0.484. The zero-order valence-corrected chi connectivity index (χ0v) is 7.95. The summed E-state index contributed by atoms with van der Waals surface area (Å²) in [5.74, 6) is 0. The van der Waals surface area contributed by atoms with Gasteiger partial charge in [-0.2, -0.15) is 8.42 Å². The van der Waals surface area contributed by atoms with Crippen LogP contribution in [-0.4, -0.2) is 13.0 Å². The summed E-state index contributed by atoms with van der Waals surface area (Å²) in [5.41, 5.74) is 0. The Bertz CT molecular complexity index is 567. The molecule has 2 rings (SSSR count). The minimum absolute atomic E-state index is 0.0770. The Morgan fingerprint density at radius 2 is 1.86 bits per heavy atom. The van der Waals surface area contributed by atoms with E-state index >= 15 is 0 Å². The van der Waals surface area contributed by atoms with Crippen LogP contribution in [0.4, 0.5) is 0 Å². The summed E-state index contributed by atoms with van der Waals surface area (Å²) in [7, 11) is -4.15. The summed E-state index contributed by atoms with van der Waals surface area (Å²) in [6.45, 7) is 0. The average molecular weight is 207 g/mol. The molecule has 0 heterocycles. The summed E-state index contributed by atoms with van der Waals surface area (Å²) in [4.78, 5) is -0.0770. The smallest absolute Gasteiger partial charge is 0.282 e. The largest absolute Gasteiger partial charge is 0.295 e. The molecule has 1 N–H and O–H groups in total. The lowest BCUT2D eigenvalue weighted by Crippen LogP contribution is -1.98. The summed E-state index contributed by atoms with van der Waals surface area (Å²) >= 11 is 0. The van der Waals surface area contributed by atoms with E-state index in [-0.39, 0.29) is 4.90 Å². The van der Waals surface area contributed by atoms with Crippen molar-refractivity contribution in [3.8, 4) is 0 Å². The van der Waals surface area contributed by atoms with Crippen molar-refractivity contribution in [2.24, 2.45) is 0 Å². The highest BCUT2D eigenvalue weighted by Gasteiger charge is 2.12. The zero-order valence-electron chi connectivity index (χ0n) is 7.14. The summed E-state index contributed by atoms with van der Waals surface area (Å²) < 4.78 is 30.9. The monoisotopic (exact) mass is 207 g/mol. The van der Waals surface area contributed by atoms with Gasteiger partial charge in [0.1, 0.15) is 4.90 Å². The van der Waals surface area contributed by atoms with Crippen LogP contribution < -0.4 is 0 Å². The topological polar surface area (TPSA) is 54.4 Å². The van der Waals surface area contributed by atoms with Gasteiger partial charge in [0.25, 0.3) is 10.1 Å². The number of fused-ring (bicyclic) bond motifs is 1. The predicted molar refractivity (Wildman–Crippen MR) is 52.6 cm³/mol. The molecular weight excluding hydrogens is 200 g/mol. The van der Waals surface area contributed by atoms with Crippen LogP contribution in [0.15, 0.2) is 41.3 Å². The van der Waals surface area contributed by atoms with Gasteiger partial charge in [-0.3, -0.25) is 4.55 Å². The van der Waals surface area contributed by atoms with Crippen molar-refractivity contribution in [1.29, 1.82) is 0 Å². The van der Waals surface area contributed by atoms with Gasteiger partial charge in [0.2, 0.25) is 0 Å². The fraction of sp³-hybridized carbons (Fsp3) is 0. The molecule has 71 valence electrons. The van der Waals surface area contributed by atoms with Crippen molar-refractivity contribution in [3.63, 3.8) is 0 Å². The molecule has 0 amide bonds. The number of rotatable bonds is 1. The van der Waals surface area contributed by atoms with Gasteiger partial charge in [-0.15, -0.1) is 0 Å². The molecule has 0 aliphatic carbocycles. The van der Waals surface area contributed by atoms with E-state index in [1.165, 1.54) is 12.1 Å². The van der Waals surface area contributed by atoms with Gasteiger partial charge in [-0.1, -0.05) is 30.3 Å². The van der Waals surface area contributed by atoms with Crippen LogP contribution in [0, 0.1) is 6.07 Å². The molecule has 0 aliphatic rings. The van der Waals surface area contributed by atoms with Crippen LogP contribution in [0.5, 0.6) is 0 Å². The molecule has 14 heavy (non-hydrogen) atoms. The standard InChI is InChI=1S/C10H7O3S/c11-14(12,13)10-7-3-5-8-4-1-2-6-9(8)10/h1-4,6-7H,(H,11,12,13). The first-order valence-corrected chi connectivity index (χ1v) is 5.40. The minimum atomic E-state index is -4.15. The molecule has 2 aromatic carbocycles. The van der Waals surface area contributed by atoms with Crippen LogP contribution in [-0.2, 0) is 10.1 Å². The average Bonchev–Trinajstić information content (AvgIpc) is 2.15. The molecule has 0 atom stereocenters. The molecule has 0 fully saturated rings. The van der Waals surface area contributed by atoms with E-state index in [9.17, 15) is 8.42 Å². The second-order valence-electron chi connectivity index (χ2n) is 2.86. The van der Waals surface area contributed by atoms with Crippen molar-refractivity contribution in [3.05, 3.63) is 42.5 Å². The highest BCUT2D eigenvalue weighted by Crippen LogP contribution is 2.21. The zero-order chi connectivity index (χ0) is 10.2. The van der Waals surface area contributed by atoms with Crippen molar-refractivity contribution < 1.29 is 13.0 Å². The van der Waals surface area contributed by atoms with E-state index in [0.29, 0.717) is 10.8 Å². The minimum Gasteiger partial charge on any atom is -0.282 e. The molecule has 0 saturated carbocycles. The van der Waals surface area contributed by atoms with Crippen molar-refractivity contribution in [2.75, 3.05) is 0 Å². The van der Waals surface area contributed by atoms with Crippen LogP contribution in [0.1, 0.15) is 0 Å². The van der Waals surface area contributed by atoms with E-state index in [0.717, 1.165) is 0 Å². The maximum atomic E-state index is 11.0. The molecule has 1 radical (unpaired) electrons. The first-order chi connectivity index (χ1) is 6.59.